The van der Waals surface area contributed by atoms with Gasteiger partial charge in [0.05, 0.1) is 0 Å². The van der Waals surface area contributed by atoms with Crippen LogP contribution in [0.3, 0.4) is 0 Å². The van der Waals surface area contributed by atoms with E-state index in [9.17, 15) is 4.79 Å². The molecule has 1 amide bonds. The highest BCUT2D eigenvalue weighted by atomic mass is 35.5. The van der Waals surface area contributed by atoms with E-state index in [0.29, 0.717) is 10.7 Å². The number of aromatic amines is 1. The number of anilines is 1. The van der Waals surface area contributed by atoms with Crippen LogP contribution in [0.2, 0.25) is 5.02 Å². The zero-order valence-corrected chi connectivity index (χ0v) is 12.6. The molecule has 0 aliphatic heterocycles. The lowest BCUT2D eigenvalue weighted by atomic mass is 10.1. The Hall–Kier alpha value is -2.26. The van der Waals surface area contributed by atoms with Crippen LogP contribution in [0.5, 0.6) is 0 Å². The maximum atomic E-state index is 12.3. The van der Waals surface area contributed by atoms with Crippen LogP contribution in [0.15, 0.2) is 42.5 Å². The minimum Gasteiger partial charge on any atom is -0.351 e. The summed E-state index contributed by atoms with van der Waals surface area (Å²) in [7, 11) is 0. The van der Waals surface area contributed by atoms with Crippen molar-refractivity contribution in [2.75, 3.05) is 5.32 Å². The van der Waals surface area contributed by atoms with Crippen LogP contribution < -0.4 is 5.32 Å². The minimum absolute atomic E-state index is 0.162. The smallest absolute Gasteiger partial charge is 0.272 e. The molecule has 0 atom stereocenters. The molecule has 0 saturated heterocycles. The molecule has 0 bridgehead atoms. The average molecular weight is 299 g/mol. The summed E-state index contributed by atoms with van der Waals surface area (Å²) in [6, 6.07) is 13.1. The number of H-pyrrole nitrogens is 1. The molecule has 2 N–H and O–H groups in total. The van der Waals surface area contributed by atoms with Gasteiger partial charge in [0.25, 0.3) is 5.91 Å². The third kappa shape index (κ3) is 2.78. The van der Waals surface area contributed by atoms with E-state index in [-0.39, 0.29) is 5.91 Å². The molecular formula is C17H15ClN2O. The summed E-state index contributed by atoms with van der Waals surface area (Å²) < 4.78 is 0. The Morgan fingerprint density at radius 3 is 2.52 bits per heavy atom. The topological polar surface area (TPSA) is 44.9 Å². The van der Waals surface area contributed by atoms with Gasteiger partial charge in [-0.15, -0.1) is 0 Å². The van der Waals surface area contributed by atoms with Crippen molar-refractivity contribution < 1.29 is 4.79 Å². The lowest BCUT2D eigenvalue weighted by molar-refractivity contribution is 0.102. The molecule has 3 aromatic rings. The maximum Gasteiger partial charge on any atom is 0.272 e. The second-order valence-electron chi connectivity index (χ2n) is 5.19. The first-order valence-corrected chi connectivity index (χ1v) is 7.07. The minimum atomic E-state index is -0.162. The predicted octanol–water partition coefficient (Wildman–Crippen LogP) is 4.69. The Balaban J connectivity index is 1.91. The quantitative estimate of drug-likeness (QED) is 0.708. The molecular weight excluding hydrogens is 284 g/mol. The van der Waals surface area contributed by atoms with Crippen molar-refractivity contribution in [3.63, 3.8) is 0 Å². The van der Waals surface area contributed by atoms with E-state index in [0.717, 1.165) is 22.2 Å². The van der Waals surface area contributed by atoms with Gasteiger partial charge in [-0.25, -0.2) is 0 Å². The fourth-order valence-corrected chi connectivity index (χ4v) is 2.58. The summed E-state index contributed by atoms with van der Waals surface area (Å²) in [5, 5.41) is 4.57. The molecule has 1 aromatic heterocycles. The van der Waals surface area contributed by atoms with Gasteiger partial charge in [-0.05, 0) is 61.4 Å². The standard InChI is InChI=1S/C17H15ClN2O/c1-10-7-11(2)14-9-16(20-15(14)8-10)17(21)19-13-5-3-12(18)4-6-13/h3-9,20H,1-2H3,(H,19,21). The van der Waals surface area contributed by atoms with Crippen molar-refractivity contribution in [2.45, 2.75) is 13.8 Å². The van der Waals surface area contributed by atoms with E-state index < -0.39 is 0 Å². The molecule has 1 heterocycles. The Morgan fingerprint density at radius 2 is 1.81 bits per heavy atom. The largest absolute Gasteiger partial charge is 0.351 e. The first-order valence-electron chi connectivity index (χ1n) is 6.70. The number of rotatable bonds is 2. The van der Waals surface area contributed by atoms with Gasteiger partial charge in [0.15, 0.2) is 0 Å². The second kappa shape index (κ2) is 5.26. The highest BCUT2D eigenvalue weighted by Crippen LogP contribution is 2.22. The van der Waals surface area contributed by atoms with Crippen LogP contribution in [0.25, 0.3) is 10.9 Å². The molecule has 0 unspecified atom stereocenters. The summed E-state index contributed by atoms with van der Waals surface area (Å²) >= 11 is 5.83. The number of halogens is 1. The molecule has 106 valence electrons. The number of aromatic nitrogens is 1. The van der Waals surface area contributed by atoms with E-state index in [1.807, 2.05) is 26.0 Å². The van der Waals surface area contributed by atoms with Crippen LogP contribution in [-0.2, 0) is 0 Å². The van der Waals surface area contributed by atoms with Gasteiger partial charge in [0.2, 0.25) is 0 Å². The van der Waals surface area contributed by atoms with Crippen LogP contribution >= 0.6 is 11.6 Å². The van der Waals surface area contributed by atoms with Crippen molar-refractivity contribution in [2.24, 2.45) is 0 Å². The Kier molecular flexibility index (Phi) is 3.43. The van der Waals surface area contributed by atoms with Crippen LogP contribution in [-0.4, -0.2) is 10.9 Å². The molecule has 0 spiro atoms. The Morgan fingerprint density at radius 1 is 1.10 bits per heavy atom. The van der Waals surface area contributed by atoms with Crippen molar-refractivity contribution in [3.8, 4) is 0 Å². The maximum absolute atomic E-state index is 12.3. The number of hydrogen-bond donors (Lipinski definition) is 2. The fourth-order valence-electron chi connectivity index (χ4n) is 2.45. The van der Waals surface area contributed by atoms with Crippen molar-refractivity contribution in [1.82, 2.24) is 4.98 Å². The molecule has 0 saturated carbocycles. The SMILES string of the molecule is Cc1cc(C)c2cc(C(=O)Nc3ccc(Cl)cc3)[nH]c2c1. The lowest BCUT2D eigenvalue weighted by Gasteiger charge is -2.03. The number of carbonyl (C=O) groups is 1. The summed E-state index contributed by atoms with van der Waals surface area (Å²) in [5.74, 6) is -0.162. The van der Waals surface area contributed by atoms with Crippen LogP contribution in [0, 0.1) is 13.8 Å². The second-order valence-corrected chi connectivity index (χ2v) is 5.62. The Labute approximate surface area is 127 Å². The molecule has 21 heavy (non-hydrogen) atoms. The summed E-state index contributed by atoms with van der Waals surface area (Å²) in [4.78, 5) is 15.5. The molecule has 0 aliphatic rings. The highest BCUT2D eigenvalue weighted by molar-refractivity contribution is 6.30. The number of fused-ring (bicyclic) bond motifs is 1. The van der Waals surface area contributed by atoms with Crippen molar-refractivity contribution in [3.05, 3.63) is 64.3 Å². The summed E-state index contributed by atoms with van der Waals surface area (Å²) in [6.07, 6.45) is 0. The van der Waals surface area contributed by atoms with E-state index in [1.165, 1.54) is 5.56 Å². The van der Waals surface area contributed by atoms with Gasteiger partial charge in [-0.1, -0.05) is 17.7 Å². The van der Waals surface area contributed by atoms with Crippen LogP contribution in [0.4, 0.5) is 5.69 Å². The van der Waals surface area contributed by atoms with E-state index in [4.69, 9.17) is 11.6 Å². The number of carbonyl (C=O) groups excluding carboxylic acids is 1. The van der Waals surface area contributed by atoms with Gasteiger partial charge in [-0.2, -0.15) is 0 Å². The van der Waals surface area contributed by atoms with Crippen molar-refractivity contribution in [1.29, 1.82) is 0 Å². The van der Waals surface area contributed by atoms with E-state index >= 15 is 0 Å². The van der Waals surface area contributed by atoms with Gasteiger partial charge in [0.1, 0.15) is 5.69 Å². The zero-order chi connectivity index (χ0) is 15.0. The number of benzene rings is 2. The third-order valence-electron chi connectivity index (χ3n) is 3.44. The average Bonchev–Trinajstić information content (AvgIpc) is 2.85. The van der Waals surface area contributed by atoms with Gasteiger partial charge in [0, 0.05) is 21.6 Å². The van der Waals surface area contributed by atoms with Crippen LogP contribution in [0.1, 0.15) is 21.6 Å². The normalized spacial score (nSPS) is 10.8. The summed E-state index contributed by atoms with van der Waals surface area (Å²) in [6.45, 7) is 4.09. The van der Waals surface area contributed by atoms with Crippen molar-refractivity contribution >= 4 is 34.1 Å². The Bertz CT molecular complexity index is 819. The monoisotopic (exact) mass is 298 g/mol. The third-order valence-corrected chi connectivity index (χ3v) is 3.69. The van der Waals surface area contributed by atoms with Gasteiger partial charge >= 0.3 is 0 Å². The predicted molar refractivity (Wildman–Crippen MR) is 87.2 cm³/mol. The van der Waals surface area contributed by atoms with Gasteiger partial charge < -0.3 is 10.3 Å². The summed E-state index contributed by atoms with van der Waals surface area (Å²) in [5.41, 5.74) is 4.58. The first kappa shape index (κ1) is 13.7. The molecule has 2 aromatic carbocycles. The molecule has 3 nitrogen and oxygen atoms in total. The molecule has 0 aliphatic carbocycles. The number of nitrogens with one attached hydrogen (secondary N) is 2. The molecule has 0 fully saturated rings. The molecule has 4 heteroatoms. The molecule has 3 rings (SSSR count). The zero-order valence-electron chi connectivity index (χ0n) is 11.8. The van der Waals surface area contributed by atoms with E-state index in [1.54, 1.807) is 24.3 Å². The first-order chi connectivity index (χ1) is 10.0. The molecule has 0 radical (unpaired) electrons. The van der Waals surface area contributed by atoms with E-state index in [2.05, 4.69) is 16.4 Å². The number of hydrogen-bond acceptors (Lipinski definition) is 1. The number of amides is 1. The fraction of sp³-hybridized carbons (Fsp3) is 0.118. The van der Waals surface area contributed by atoms with Gasteiger partial charge in [-0.3, -0.25) is 4.79 Å². The number of aryl methyl sites for hydroxylation is 2. The lowest BCUT2D eigenvalue weighted by Crippen LogP contribution is -2.11. The highest BCUT2D eigenvalue weighted by Gasteiger charge is 2.11.